The van der Waals surface area contributed by atoms with Crippen LogP contribution in [0.2, 0.25) is 0 Å². The molecule has 29 heavy (non-hydrogen) atoms. The van der Waals surface area contributed by atoms with Gasteiger partial charge in [0.05, 0.1) is 18.3 Å². The highest BCUT2D eigenvalue weighted by Gasteiger charge is 2.37. The van der Waals surface area contributed by atoms with Crippen LogP contribution in [0.1, 0.15) is 57.7 Å². The Morgan fingerprint density at radius 3 is 2.34 bits per heavy atom. The zero-order valence-electron chi connectivity index (χ0n) is 18.6. The molecule has 8 heteroatoms. The van der Waals surface area contributed by atoms with E-state index >= 15 is 0 Å². The van der Waals surface area contributed by atoms with Gasteiger partial charge in [-0.15, -0.1) is 0 Å². The summed E-state index contributed by atoms with van der Waals surface area (Å²) in [5, 5.41) is 2.67. The number of carbonyl (C=O) groups excluding carboxylic acids is 1. The average Bonchev–Trinajstić information content (AvgIpc) is 2.97. The van der Waals surface area contributed by atoms with E-state index in [1.54, 1.807) is 11.0 Å². The lowest BCUT2D eigenvalue weighted by molar-refractivity contribution is -0.118. The Labute approximate surface area is 174 Å². The van der Waals surface area contributed by atoms with Gasteiger partial charge in [-0.05, 0) is 44.4 Å². The highest BCUT2D eigenvalue weighted by Crippen LogP contribution is 2.35. The molecule has 1 fully saturated rings. The molecule has 0 saturated carbocycles. The molecule has 1 N–H and O–H groups in total. The third-order valence-corrected chi connectivity index (χ3v) is 6.18. The number of benzene rings is 1. The number of hydrogen-bond donors (Lipinski definition) is 1. The zero-order valence-corrected chi connectivity index (χ0v) is 19.4. The number of halogens is 1. The second-order valence-electron chi connectivity index (χ2n) is 7.50. The SMILES string of the molecule is C=C1NC(=O)CN1C(C)(C)c1cc(F)c(CN(CCC)S(C)(=O)=O)cc1C.CC. The molecular weight excluding hydrogens is 393 g/mol. The number of nitrogens with one attached hydrogen (secondary N) is 1. The summed E-state index contributed by atoms with van der Waals surface area (Å²) >= 11 is 0. The van der Waals surface area contributed by atoms with E-state index in [1.807, 2.05) is 41.5 Å². The topological polar surface area (TPSA) is 69.7 Å². The summed E-state index contributed by atoms with van der Waals surface area (Å²) in [6, 6.07) is 3.13. The van der Waals surface area contributed by atoms with Gasteiger partial charge in [0, 0.05) is 18.7 Å². The molecule has 1 aromatic rings. The molecule has 6 nitrogen and oxygen atoms in total. The van der Waals surface area contributed by atoms with Crippen LogP contribution in [0.3, 0.4) is 0 Å². The van der Waals surface area contributed by atoms with Gasteiger partial charge in [0.2, 0.25) is 15.9 Å². The molecule has 1 saturated heterocycles. The highest BCUT2D eigenvalue weighted by atomic mass is 32.2. The fourth-order valence-corrected chi connectivity index (χ4v) is 4.40. The first kappa shape index (κ1) is 25.1. The summed E-state index contributed by atoms with van der Waals surface area (Å²) < 4.78 is 40.0. The van der Waals surface area contributed by atoms with Crippen LogP contribution >= 0.6 is 0 Å². The van der Waals surface area contributed by atoms with E-state index in [-0.39, 0.29) is 19.0 Å². The van der Waals surface area contributed by atoms with Gasteiger partial charge in [-0.25, -0.2) is 12.8 Å². The normalized spacial score (nSPS) is 14.7. The molecule has 0 atom stereocenters. The minimum atomic E-state index is -3.42. The van der Waals surface area contributed by atoms with Crippen LogP contribution in [-0.4, -0.2) is 42.9 Å². The molecule has 0 aliphatic carbocycles. The Hall–Kier alpha value is -1.93. The van der Waals surface area contributed by atoms with Gasteiger partial charge in [-0.1, -0.05) is 33.4 Å². The first-order valence-corrected chi connectivity index (χ1v) is 11.7. The molecule has 1 amide bonds. The second kappa shape index (κ2) is 9.71. The molecule has 164 valence electrons. The minimum absolute atomic E-state index is 0.00345. The number of hydrogen-bond acceptors (Lipinski definition) is 4. The van der Waals surface area contributed by atoms with Gasteiger partial charge < -0.3 is 10.2 Å². The molecular formula is C21H34FN3O3S. The number of amides is 1. The Balaban J connectivity index is 0.00000204. The molecule has 0 spiro atoms. The van der Waals surface area contributed by atoms with Gasteiger partial charge in [0.15, 0.2) is 0 Å². The van der Waals surface area contributed by atoms with Crippen LogP contribution in [0.5, 0.6) is 0 Å². The van der Waals surface area contributed by atoms with E-state index in [2.05, 4.69) is 11.9 Å². The maximum Gasteiger partial charge on any atom is 0.245 e. The predicted molar refractivity (Wildman–Crippen MR) is 115 cm³/mol. The van der Waals surface area contributed by atoms with E-state index in [4.69, 9.17) is 0 Å². The molecule has 1 heterocycles. The molecule has 1 aliphatic heterocycles. The molecule has 0 bridgehead atoms. The maximum atomic E-state index is 14.9. The van der Waals surface area contributed by atoms with Crippen molar-refractivity contribution in [3.05, 3.63) is 47.0 Å². The van der Waals surface area contributed by atoms with E-state index in [0.717, 1.165) is 17.4 Å². The van der Waals surface area contributed by atoms with E-state index in [9.17, 15) is 17.6 Å². The summed E-state index contributed by atoms with van der Waals surface area (Å²) in [5.74, 6) is -0.121. The quantitative estimate of drug-likeness (QED) is 0.723. The lowest BCUT2D eigenvalue weighted by atomic mass is 9.87. The Morgan fingerprint density at radius 2 is 1.90 bits per heavy atom. The zero-order chi connectivity index (χ0) is 22.6. The Morgan fingerprint density at radius 1 is 1.31 bits per heavy atom. The van der Waals surface area contributed by atoms with Crippen LogP contribution in [-0.2, 0) is 26.9 Å². The van der Waals surface area contributed by atoms with Crippen LogP contribution in [0, 0.1) is 12.7 Å². The van der Waals surface area contributed by atoms with Crippen molar-refractivity contribution < 1.29 is 17.6 Å². The fraction of sp³-hybridized carbons (Fsp3) is 0.571. The molecule has 0 unspecified atom stereocenters. The van der Waals surface area contributed by atoms with E-state index < -0.39 is 21.4 Å². The summed E-state index contributed by atoms with van der Waals surface area (Å²) in [6.45, 7) is 15.9. The molecule has 2 rings (SSSR count). The van der Waals surface area contributed by atoms with Gasteiger partial charge in [-0.2, -0.15) is 4.31 Å². The van der Waals surface area contributed by atoms with Crippen molar-refractivity contribution in [1.29, 1.82) is 0 Å². The van der Waals surface area contributed by atoms with Crippen molar-refractivity contribution in [1.82, 2.24) is 14.5 Å². The standard InChI is InChI=1S/C19H28FN3O3S.C2H6/c1-7-8-22(27(6,25)26)11-15-9-13(2)16(10-17(15)20)19(4,5)23-12-18(24)21-14(23)3;1-2/h9-10H,3,7-8,11-12H2,1-2,4-6H3,(H,21,24);1-2H3. The van der Waals surface area contributed by atoms with Crippen LogP contribution < -0.4 is 5.32 Å². The lowest BCUT2D eigenvalue weighted by Crippen LogP contribution is -2.40. The van der Waals surface area contributed by atoms with Crippen LogP contribution in [0.4, 0.5) is 4.39 Å². The summed E-state index contributed by atoms with van der Waals surface area (Å²) in [6.07, 6.45) is 1.78. The molecule has 0 aromatic heterocycles. The van der Waals surface area contributed by atoms with Gasteiger partial charge in [0.1, 0.15) is 11.6 Å². The average molecular weight is 428 g/mol. The second-order valence-corrected chi connectivity index (χ2v) is 9.48. The van der Waals surface area contributed by atoms with Gasteiger partial charge in [0.25, 0.3) is 0 Å². The molecule has 1 aliphatic rings. The molecule has 1 aromatic carbocycles. The van der Waals surface area contributed by atoms with Crippen molar-refractivity contribution in [2.24, 2.45) is 0 Å². The number of nitrogens with zero attached hydrogens (tertiary/aromatic N) is 2. The molecule has 0 radical (unpaired) electrons. The van der Waals surface area contributed by atoms with Gasteiger partial charge >= 0.3 is 0 Å². The van der Waals surface area contributed by atoms with Crippen molar-refractivity contribution in [2.75, 3.05) is 19.3 Å². The predicted octanol–water partition coefficient (Wildman–Crippen LogP) is 3.47. The fourth-order valence-electron chi connectivity index (χ4n) is 3.51. The number of carbonyl (C=O) groups is 1. The number of sulfonamides is 1. The summed E-state index contributed by atoms with van der Waals surface area (Å²) in [4.78, 5) is 13.5. The monoisotopic (exact) mass is 427 g/mol. The first-order valence-electron chi connectivity index (χ1n) is 9.89. The minimum Gasteiger partial charge on any atom is -0.340 e. The third-order valence-electron chi connectivity index (χ3n) is 4.93. The summed E-state index contributed by atoms with van der Waals surface area (Å²) in [5.41, 5.74) is 1.23. The summed E-state index contributed by atoms with van der Waals surface area (Å²) in [7, 11) is -3.42. The van der Waals surface area contributed by atoms with Crippen LogP contribution in [0.15, 0.2) is 24.5 Å². The van der Waals surface area contributed by atoms with E-state index in [0.29, 0.717) is 24.4 Å². The third kappa shape index (κ3) is 5.79. The number of aryl methyl sites for hydroxylation is 1. The first-order chi connectivity index (χ1) is 13.4. The van der Waals surface area contributed by atoms with Crippen LogP contribution in [0.25, 0.3) is 0 Å². The Kier molecular flexibility index (Phi) is 8.41. The number of rotatable bonds is 7. The Bertz CT molecular complexity index is 866. The largest absolute Gasteiger partial charge is 0.340 e. The lowest BCUT2D eigenvalue weighted by Gasteiger charge is -2.38. The van der Waals surface area contributed by atoms with Crippen molar-refractivity contribution in [3.8, 4) is 0 Å². The van der Waals surface area contributed by atoms with E-state index in [1.165, 1.54) is 10.4 Å². The maximum absolute atomic E-state index is 14.9. The van der Waals surface area contributed by atoms with Gasteiger partial charge in [-0.3, -0.25) is 4.79 Å². The van der Waals surface area contributed by atoms with Crippen molar-refractivity contribution in [3.63, 3.8) is 0 Å². The smallest absolute Gasteiger partial charge is 0.245 e. The highest BCUT2D eigenvalue weighted by molar-refractivity contribution is 7.88. The van der Waals surface area contributed by atoms with Crippen molar-refractivity contribution >= 4 is 15.9 Å². The van der Waals surface area contributed by atoms with Crippen molar-refractivity contribution in [2.45, 2.75) is 60.0 Å².